The molecule has 1 aromatic heterocycles. The van der Waals surface area contributed by atoms with Crippen molar-refractivity contribution >= 4 is 23.7 Å². The van der Waals surface area contributed by atoms with Gasteiger partial charge < -0.3 is 19.6 Å². The summed E-state index contributed by atoms with van der Waals surface area (Å²) in [5.74, 6) is -1.72. The Bertz CT molecular complexity index is 1210. The summed E-state index contributed by atoms with van der Waals surface area (Å²) in [6.45, 7) is 0.140. The lowest BCUT2D eigenvalue weighted by molar-refractivity contribution is -0.139. The minimum absolute atomic E-state index is 0.0836. The Morgan fingerprint density at radius 2 is 1.65 bits per heavy atom. The molecule has 8 nitrogen and oxygen atoms in total. The number of rotatable bonds is 7. The summed E-state index contributed by atoms with van der Waals surface area (Å²) in [6.07, 6.45) is 2.44. The second-order valence-corrected chi connectivity index (χ2v) is 8.77. The maximum absolute atomic E-state index is 12.7. The van der Waals surface area contributed by atoms with Gasteiger partial charge in [0.05, 0.1) is 23.9 Å². The van der Waals surface area contributed by atoms with Gasteiger partial charge in [0.2, 0.25) is 5.76 Å². The first-order valence-corrected chi connectivity index (χ1v) is 11.2. The molecule has 0 bridgehead atoms. The number of furan rings is 1. The van der Waals surface area contributed by atoms with Crippen molar-refractivity contribution in [2.24, 2.45) is 0 Å². The number of carbonyl (C=O) groups is 3. The molecule has 2 amide bonds. The molecule has 0 aliphatic heterocycles. The molecule has 174 valence electrons. The molecule has 1 fully saturated rings. The fraction of sp³-hybridized carbons (Fsp3) is 0.269. The van der Waals surface area contributed by atoms with E-state index in [9.17, 15) is 14.4 Å². The summed E-state index contributed by atoms with van der Waals surface area (Å²) in [5.41, 5.74) is 3.85. The van der Waals surface area contributed by atoms with E-state index in [2.05, 4.69) is 22.8 Å². The fourth-order valence-electron chi connectivity index (χ4n) is 4.86. The Morgan fingerprint density at radius 3 is 2.24 bits per heavy atom. The van der Waals surface area contributed by atoms with E-state index in [4.69, 9.17) is 14.3 Å². The number of carboxylic acids is 1. The lowest BCUT2D eigenvalue weighted by atomic mass is 9.74. The Morgan fingerprint density at radius 1 is 1.00 bits per heavy atom. The molecule has 8 heteroatoms. The zero-order chi connectivity index (χ0) is 23.7. The molecule has 2 aliphatic rings. The Hall–Kier alpha value is -4.07. The molecule has 0 radical (unpaired) electrons. The number of ether oxygens (including phenoxy) is 1. The number of anilines is 1. The molecule has 5 rings (SSSR count). The number of aliphatic carboxylic acids is 1. The number of benzene rings is 2. The van der Waals surface area contributed by atoms with Crippen LogP contribution in [-0.4, -0.2) is 35.2 Å². The molecular weight excluding hydrogens is 436 g/mol. The summed E-state index contributed by atoms with van der Waals surface area (Å²) in [6, 6.07) is 17.6. The SMILES string of the molecule is O=C(O)CC1(NC(=O)c2occc2NC(=O)OCC2c3ccccc3-c3ccccc32)CCC1. The van der Waals surface area contributed by atoms with Crippen molar-refractivity contribution in [3.63, 3.8) is 0 Å². The van der Waals surface area contributed by atoms with Crippen molar-refractivity contribution in [1.82, 2.24) is 5.32 Å². The molecule has 0 saturated heterocycles. The van der Waals surface area contributed by atoms with Crippen LogP contribution in [0.4, 0.5) is 10.5 Å². The third kappa shape index (κ3) is 4.03. The third-order valence-corrected chi connectivity index (χ3v) is 6.63. The summed E-state index contributed by atoms with van der Waals surface area (Å²) in [7, 11) is 0. The van der Waals surface area contributed by atoms with Gasteiger partial charge >= 0.3 is 12.1 Å². The van der Waals surface area contributed by atoms with E-state index < -0.39 is 23.5 Å². The Kier molecular flexibility index (Phi) is 5.57. The normalized spacial score (nSPS) is 15.5. The van der Waals surface area contributed by atoms with Gasteiger partial charge in [-0.1, -0.05) is 48.5 Å². The highest BCUT2D eigenvalue weighted by atomic mass is 16.5. The van der Waals surface area contributed by atoms with Crippen LogP contribution in [-0.2, 0) is 9.53 Å². The highest BCUT2D eigenvalue weighted by molar-refractivity contribution is 6.00. The number of amides is 2. The van der Waals surface area contributed by atoms with Crippen LogP contribution < -0.4 is 10.6 Å². The summed E-state index contributed by atoms with van der Waals surface area (Å²) in [5, 5.41) is 14.5. The lowest BCUT2D eigenvalue weighted by Crippen LogP contribution is -2.54. The molecular formula is C26H24N2O6. The van der Waals surface area contributed by atoms with Gasteiger partial charge in [0.15, 0.2) is 0 Å². The third-order valence-electron chi connectivity index (χ3n) is 6.63. The van der Waals surface area contributed by atoms with Gasteiger partial charge in [-0.05, 0) is 41.5 Å². The van der Waals surface area contributed by atoms with E-state index in [0.717, 1.165) is 28.7 Å². The van der Waals surface area contributed by atoms with E-state index in [1.54, 1.807) is 0 Å². The van der Waals surface area contributed by atoms with Crippen molar-refractivity contribution in [1.29, 1.82) is 0 Å². The van der Waals surface area contributed by atoms with Gasteiger partial charge in [0.1, 0.15) is 6.61 Å². The number of carbonyl (C=O) groups excluding carboxylic acids is 2. The molecule has 3 aromatic rings. The highest BCUT2D eigenvalue weighted by Crippen LogP contribution is 2.44. The largest absolute Gasteiger partial charge is 0.481 e. The first-order chi connectivity index (χ1) is 16.5. The predicted molar refractivity (Wildman–Crippen MR) is 124 cm³/mol. The van der Waals surface area contributed by atoms with Gasteiger partial charge in [-0.2, -0.15) is 0 Å². The van der Waals surface area contributed by atoms with E-state index in [0.29, 0.717) is 12.8 Å². The molecule has 3 N–H and O–H groups in total. The van der Waals surface area contributed by atoms with Crippen molar-refractivity contribution in [2.75, 3.05) is 11.9 Å². The van der Waals surface area contributed by atoms with Crippen molar-refractivity contribution < 1.29 is 28.6 Å². The van der Waals surface area contributed by atoms with E-state index in [1.807, 2.05) is 36.4 Å². The predicted octanol–water partition coefficient (Wildman–Crippen LogP) is 4.77. The molecule has 1 heterocycles. The number of fused-ring (bicyclic) bond motifs is 3. The van der Waals surface area contributed by atoms with Gasteiger partial charge in [0, 0.05) is 12.0 Å². The molecule has 1 saturated carbocycles. The van der Waals surface area contributed by atoms with Gasteiger partial charge in [0.25, 0.3) is 5.91 Å². The summed E-state index contributed by atoms with van der Waals surface area (Å²) >= 11 is 0. The van der Waals surface area contributed by atoms with Crippen LogP contribution in [0.25, 0.3) is 11.1 Å². The van der Waals surface area contributed by atoms with Crippen LogP contribution in [0, 0.1) is 0 Å². The van der Waals surface area contributed by atoms with Crippen molar-refractivity contribution in [3.05, 3.63) is 77.7 Å². The molecule has 2 aromatic carbocycles. The van der Waals surface area contributed by atoms with Crippen LogP contribution in [0.5, 0.6) is 0 Å². The maximum atomic E-state index is 12.7. The minimum atomic E-state index is -0.976. The van der Waals surface area contributed by atoms with Gasteiger partial charge in [-0.15, -0.1) is 0 Å². The Balaban J connectivity index is 1.24. The standard InChI is InChI=1S/C26H24N2O6/c29-22(30)14-26(11-5-12-26)28-24(31)23-21(10-13-33-23)27-25(32)34-15-20-18-8-3-1-6-16(18)17-7-2-4-9-19(17)20/h1-4,6-10,13,20H,5,11-12,14-15H2,(H,27,32)(H,28,31)(H,29,30). The van der Waals surface area contributed by atoms with Crippen molar-refractivity contribution in [3.8, 4) is 11.1 Å². The summed E-state index contributed by atoms with van der Waals surface area (Å²) in [4.78, 5) is 36.5. The minimum Gasteiger partial charge on any atom is -0.481 e. The summed E-state index contributed by atoms with van der Waals surface area (Å²) < 4.78 is 10.8. The zero-order valence-electron chi connectivity index (χ0n) is 18.4. The quantitative estimate of drug-likeness (QED) is 0.468. The number of hydrogen-bond acceptors (Lipinski definition) is 5. The topological polar surface area (TPSA) is 118 Å². The highest BCUT2D eigenvalue weighted by Gasteiger charge is 2.41. The molecule has 0 atom stereocenters. The van der Waals surface area contributed by atoms with Gasteiger partial charge in [-0.25, -0.2) is 4.79 Å². The molecule has 2 aliphatic carbocycles. The van der Waals surface area contributed by atoms with E-state index in [1.165, 1.54) is 12.3 Å². The Labute approximate surface area is 195 Å². The smallest absolute Gasteiger partial charge is 0.411 e. The zero-order valence-corrected chi connectivity index (χ0v) is 18.4. The van der Waals surface area contributed by atoms with Crippen LogP contribution in [0.1, 0.15) is 53.3 Å². The average molecular weight is 460 g/mol. The number of nitrogens with one attached hydrogen (secondary N) is 2. The molecule has 0 unspecified atom stereocenters. The number of hydrogen-bond donors (Lipinski definition) is 3. The molecule has 0 spiro atoms. The second-order valence-electron chi connectivity index (χ2n) is 8.77. The first kappa shape index (κ1) is 21.8. The van der Waals surface area contributed by atoms with Crippen LogP contribution in [0.3, 0.4) is 0 Å². The van der Waals surface area contributed by atoms with Crippen LogP contribution >= 0.6 is 0 Å². The monoisotopic (exact) mass is 460 g/mol. The van der Waals surface area contributed by atoms with Gasteiger partial charge in [-0.3, -0.25) is 14.9 Å². The number of carboxylic acid groups (broad SMARTS) is 1. The van der Waals surface area contributed by atoms with E-state index >= 15 is 0 Å². The second kappa shape index (κ2) is 8.70. The maximum Gasteiger partial charge on any atom is 0.411 e. The first-order valence-electron chi connectivity index (χ1n) is 11.2. The van der Waals surface area contributed by atoms with E-state index in [-0.39, 0.29) is 30.4 Å². The molecule has 34 heavy (non-hydrogen) atoms. The lowest BCUT2D eigenvalue weighted by Gasteiger charge is -2.41. The fourth-order valence-corrected chi connectivity index (χ4v) is 4.86. The average Bonchev–Trinajstić information content (AvgIpc) is 3.38. The van der Waals surface area contributed by atoms with Crippen LogP contribution in [0.2, 0.25) is 0 Å². The van der Waals surface area contributed by atoms with Crippen molar-refractivity contribution in [2.45, 2.75) is 37.1 Å². The van der Waals surface area contributed by atoms with Crippen LogP contribution in [0.15, 0.2) is 65.3 Å².